The second-order valence-corrected chi connectivity index (χ2v) is 4.39. The van der Waals surface area contributed by atoms with Gasteiger partial charge in [0, 0.05) is 32.2 Å². The van der Waals surface area contributed by atoms with Crippen LogP contribution in [0.15, 0.2) is 21.9 Å². The van der Waals surface area contributed by atoms with Crippen molar-refractivity contribution < 1.29 is 14.6 Å². The van der Waals surface area contributed by atoms with E-state index in [0.717, 1.165) is 0 Å². The van der Waals surface area contributed by atoms with E-state index in [-0.39, 0.29) is 18.9 Å². The van der Waals surface area contributed by atoms with Crippen LogP contribution < -0.4 is 16.6 Å². The topological polar surface area (TPSA) is 113 Å². The quantitative estimate of drug-likeness (QED) is 0.606. The monoisotopic (exact) mass is 269 g/mol. The number of aromatic nitrogens is 2. The Labute approximate surface area is 108 Å². The van der Waals surface area contributed by atoms with Crippen LogP contribution in [0.3, 0.4) is 0 Å². The summed E-state index contributed by atoms with van der Waals surface area (Å²) in [6.07, 6.45) is -0.475. The number of amides is 1. The molecule has 3 atom stereocenters. The average molecular weight is 269 g/mol. The summed E-state index contributed by atoms with van der Waals surface area (Å²) >= 11 is 0. The number of carbonyl (C=O) groups excluding carboxylic acids is 1. The predicted molar refractivity (Wildman–Crippen MR) is 64.5 cm³/mol. The van der Waals surface area contributed by atoms with Gasteiger partial charge >= 0.3 is 5.69 Å². The number of aromatic amines is 1. The van der Waals surface area contributed by atoms with Crippen molar-refractivity contribution in [3.63, 3.8) is 0 Å². The Hall–Kier alpha value is -1.93. The van der Waals surface area contributed by atoms with Crippen LogP contribution in [0.25, 0.3) is 0 Å². The third-order valence-electron chi connectivity index (χ3n) is 2.92. The molecule has 8 nitrogen and oxygen atoms in total. The largest absolute Gasteiger partial charge is 0.390 e. The Bertz CT molecular complexity index is 578. The average Bonchev–Trinajstić information content (AvgIpc) is 2.67. The van der Waals surface area contributed by atoms with E-state index in [4.69, 9.17) is 4.74 Å². The summed E-state index contributed by atoms with van der Waals surface area (Å²) in [5.41, 5.74) is -1.08. The number of aliphatic hydroxyl groups is 1. The highest BCUT2D eigenvalue weighted by molar-refractivity contribution is 5.72. The molecule has 19 heavy (non-hydrogen) atoms. The molecule has 0 aromatic carbocycles. The minimum Gasteiger partial charge on any atom is -0.390 e. The van der Waals surface area contributed by atoms with Gasteiger partial charge in [-0.1, -0.05) is 0 Å². The van der Waals surface area contributed by atoms with E-state index in [1.54, 1.807) is 0 Å². The first-order chi connectivity index (χ1) is 8.97. The fraction of sp³-hybridized carbons (Fsp3) is 0.545. The lowest BCUT2D eigenvalue weighted by molar-refractivity contribution is -0.120. The molecule has 0 saturated carbocycles. The van der Waals surface area contributed by atoms with Crippen molar-refractivity contribution >= 4 is 5.91 Å². The van der Waals surface area contributed by atoms with Gasteiger partial charge in [0.1, 0.15) is 12.3 Å². The summed E-state index contributed by atoms with van der Waals surface area (Å²) in [5.74, 6) is -0.222. The first kappa shape index (κ1) is 13.5. The lowest BCUT2D eigenvalue weighted by Gasteiger charge is -2.15. The summed E-state index contributed by atoms with van der Waals surface area (Å²) in [7, 11) is 0. The van der Waals surface area contributed by atoms with E-state index in [1.165, 1.54) is 23.8 Å². The molecule has 3 unspecified atom stereocenters. The Morgan fingerprint density at radius 3 is 3.00 bits per heavy atom. The Kier molecular flexibility index (Phi) is 3.82. The molecule has 1 saturated heterocycles. The van der Waals surface area contributed by atoms with Gasteiger partial charge in [-0.2, -0.15) is 0 Å². The number of rotatable bonds is 3. The lowest BCUT2D eigenvalue weighted by atomic mass is 10.2. The highest BCUT2D eigenvalue weighted by atomic mass is 16.5. The van der Waals surface area contributed by atoms with Gasteiger partial charge in [-0.15, -0.1) is 0 Å². The molecule has 1 amide bonds. The predicted octanol–water partition coefficient (Wildman–Crippen LogP) is -1.68. The molecule has 0 radical (unpaired) electrons. The maximum Gasteiger partial charge on any atom is 0.330 e. The molecular weight excluding hydrogens is 254 g/mol. The first-order valence-corrected chi connectivity index (χ1v) is 5.87. The molecule has 1 aliphatic heterocycles. The molecule has 1 fully saturated rings. The van der Waals surface area contributed by atoms with Crippen molar-refractivity contribution in [2.45, 2.75) is 31.8 Å². The molecule has 1 aromatic heterocycles. The molecule has 104 valence electrons. The molecule has 2 heterocycles. The number of carbonyl (C=O) groups is 1. The smallest absolute Gasteiger partial charge is 0.330 e. The van der Waals surface area contributed by atoms with Crippen molar-refractivity contribution in [1.29, 1.82) is 0 Å². The molecule has 1 aromatic rings. The van der Waals surface area contributed by atoms with Gasteiger partial charge in [0.05, 0.1) is 6.10 Å². The second kappa shape index (κ2) is 5.37. The number of aliphatic hydroxyl groups excluding tert-OH is 1. The van der Waals surface area contributed by atoms with Crippen LogP contribution in [0.2, 0.25) is 0 Å². The van der Waals surface area contributed by atoms with Gasteiger partial charge in [0.15, 0.2) is 0 Å². The third kappa shape index (κ3) is 3.09. The molecule has 0 spiro atoms. The SMILES string of the molecule is CC(=O)NCC1OC(n2ccc(=O)[nH]c2=O)CC1O. The van der Waals surface area contributed by atoms with Gasteiger partial charge in [-0.3, -0.25) is 19.1 Å². The summed E-state index contributed by atoms with van der Waals surface area (Å²) in [6, 6.07) is 1.21. The van der Waals surface area contributed by atoms with Crippen LogP contribution in [-0.4, -0.2) is 39.3 Å². The molecule has 3 N–H and O–H groups in total. The highest BCUT2D eigenvalue weighted by Crippen LogP contribution is 2.26. The maximum atomic E-state index is 11.6. The van der Waals surface area contributed by atoms with Crippen molar-refractivity contribution in [2.75, 3.05) is 6.54 Å². The summed E-state index contributed by atoms with van der Waals surface area (Å²) in [6.45, 7) is 1.54. The van der Waals surface area contributed by atoms with E-state index in [9.17, 15) is 19.5 Å². The van der Waals surface area contributed by atoms with Crippen LogP contribution in [0.1, 0.15) is 19.6 Å². The van der Waals surface area contributed by atoms with Gasteiger partial charge in [-0.25, -0.2) is 4.79 Å². The molecule has 0 aliphatic carbocycles. The van der Waals surface area contributed by atoms with Gasteiger partial charge in [0.2, 0.25) is 5.91 Å². The van der Waals surface area contributed by atoms with E-state index < -0.39 is 29.7 Å². The van der Waals surface area contributed by atoms with Gasteiger partial charge in [-0.05, 0) is 0 Å². The Balaban J connectivity index is 2.09. The number of hydrogen-bond acceptors (Lipinski definition) is 5. The van der Waals surface area contributed by atoms with Crippen LogP contribution in [0, 0.1) is 0 Å². The summed E-state index contributed by atoms with van der Waals surface area (Å²) in [5, 5.41) is 12.4. The molecule has 2 rings (SSSR count). The molecule has 8 heteroatoms. The van der Waals surface area contributed by atoms with Gasteiger partial charge in [0.25, 0.3) is 5.56 Å². The zero-order chi connectivity index (χ0) is 14.0. The van der Waals surface area contributed by atoms with Crippen molar-refractivity contribution in [3.8, 4) is 0 Å². The van der Waals surface area contributed by atoms with Crippen LogP contribution in [0.4, 0.5) is 0 Å². The highest BCUT2D eigenvalue weighted by Gasteiger charge is 2.35. The van der Waals surface area contributed by atoms with E-state index in [0.29, 0.717) is 0 Å². The Morgan fingerprint density at radius 2 is 2.37 bits per heavy atom. The summed E-state index contributed by atoms with van der Waals surface area (Å²) < 4.78 is 6.71. The lowest BCUT2D eigenvalue weighted by Crippen LogP contribution is -2.36. The minimum absolute atomic E-state index is 0.172. The van der Waals surface area contributed by atoms with Crippen LogP contribution in [0.5, 0.6) is 0 Å². The standard InChI is InChI=1S/C11H15N3O5/c1-6(15)12-5-8-7(16)4-10(19-8)14-3-2-9(17)13-11(14)18/h2-3,7-8,10,16H,4-5H2,1H3,(H,12,15)(H,13,17,18). The van der Waals surface area contributed by atoms with Crippen molar-refractivity contribution in [1.82, 2.24) is 14.9 Å². The fourth-order valence-corrected chi connectivity index (χ4v) is 1.97. The number of H-pyrrole nitrogens is 1. The minimum atomic E-state index is -0.782. The molecule has 1 aliphatic rings. The number of nitrogens with zero attached hydrogens (tertiary/aromatic N) is 1. The van der Waals surface area contributed by atoms with E-state index in [1.807, 2.05) is 0 Å². The second-order valence-electron chi connectivity index (χ2n) is 4.39. The zero-order valence-corrected chi connectivity index (χ0v) is 10.3. The Morgan fingerprint density at radius 1 is 1.63 bits per heavy atom. The fourth-order valence-electron chi connectivity index (χ4n) is 1.97. The third-order valence-corrected chi connectivity index (χ3v) is 2.92. The maximum absolute atomic E-state index is 11.6. The van der Waals surface area contributed by atoms with Crippen molar-refractivity contribution in [2.24, 2.45) is 0 Å². The first-order valence-electron chi connectivity index (χ1n) is 5.87. The number of hydrogen-bond donors (Lipinski definition) is 3. The van der Waals surface area contributed by atoms with Crippen LogP contribution >= 0.6 is 0 Å². The number of nitrogens with one attached hydrogen (secondary N) is 2. The zero-order valence-electron chi connectivity index (χ0n) is 10.3. The molecular formula is C11H15N3O5. The van der Waals surface area contributed by atoms with Gasteiger partial charge < -0.3 is 15.2 Å². The van der Waals surface area contributed by atoms with Crippen molar-refractivity contribution in [3.05, 3.63) is 33.1 Å². The molecule has 0 bridgehead atoms. The summed E-state index contributed by atoms with van der Waals surface area (Å²) in [4.78, 5) is 35.5. The van der Waals surface area contributed by atoms with Crippen LogP contribution in [-0.2, 0) is 9.53 Å². The number of ether oxygens (including phenoxy) is 1. The van der Waals surface area contributed by atoms with E-state index >= 15 is 0 Å². The normalized spacial score (nSPS) is 26.3. The van der Waals surface area contributed by atoms with E-state index in [2.05, 4.69) is 10.3 Å².